The summed E-state index contributed by atoms with van der Waals surface area (Å²) in [4.78, 5) is 10.6. The predicted molar refractivity (Wildman–Crippen MR) is 70.8 cm³/mol. The Kier molecular flexibility index (Phi) is 6.72. The number of nitrogens with zero attached hydrogens (tertiary/aromatic N) is 2. The molecule has 0 amide bonds. The van der Waals surface area contributed by atoms with E-state index in [0.29, 0.717) is 5.56 Å². The van der Waals surface area contributed by atoms with Gasteiger partial charge in [-0.15, -0.1) is 0 Å². The average molecular weight is 280 g/mol. The zero-order chi connectivity index (χ0) is 13.1. The molecule has 0 saturated carbocycles. The Balaban J connectivity index is 0.00000289. The fourth-order valence-electron chi connectivity index (χ4n) is 0.934. The Labute approximate surface area is 128 Å². The van der Waals surface area contributed by atoms with Crippen LogP contribution in [0.25, 0.3) is 0 Å². The number of carboxylic acids is 1. The standard InChI is InChI=1S/C10H12N2O4S.Na.H/c1-12(2)17(15,16)11-7-8-3-5-9(6-4-8)10(13)14;;/h3-7H,1-2H3,(H,13,14);;. The molecule has 0 aliphatic heterocycles. The van der Waals surface area contributed by atoms with E-state index in [1.807, 2.05) is 0 Å². The van der Waals surface area contributed by atoms with Gasteiger partial charge >= 0.3 is 45.7 Å². The van der Waals surface area contributed by atoms with Crippen molar-refractivity contribution in [2.75, 3.05) is 14.1 Å². The molecule has 0 aromatic heterocycles. The second kappa shape index (κ2) is 7.01. The monoisotopic (exact) mass is 280 g/mol. The zero-order valence-corrected chi connectivity index (χ0v) is 10.2. The number of carbonyl (C=O) groups is 1. The van der Waals surface area contributed by atoms with Crippen LogP contribution in [0.2, 0.25) is 0 Å². The molecule has 0 spiro atoms. The van der Waals surface area contributed by atoms with Gasteiger partial charge in [0.2, 0.25) is 0 Å². The van der Waals surface area contributed by atoms with Crippen LogP contribution in [0.3, 0.4) is 0 Å². The summed E-state index contributed by atoms with van der Waals surface area (Å²) in [6.45, 7) is 0. The van der Waals surface area contributed by atoms with Gasteiger partial charge in [-0.1, -0.05) is 12.1 Å². The fourth-order valence-corrected chi connectivity index (χ4v) is 1.38. The fraction of sp³-hybridized carbons (Fsp3) is 0.200. The van der Waals surface area contributed by atoms with E-state index in [-0.39, 0.29) is 35.1 Å². The van der Waals surface area contributed by atoms with Crippen LogP contribution < -0.4 is 0 Å². The third kappa shape index (κ3) is 4.87. The summed E-state index contributed by atoms with van der Waals surface area (Å²) in [7, 11) is -0.886. The normalized spacial score (nSPS) is 11.5. The molecule has 0 saturated heterocycles. The molecular formula is C10H13N2NaO4S. The minimum atomic E-state index is -3.64. The summed E-state index contributed by atoms with van der Waals surface area (Å²) >= 11 is 0. The van der Waals surface area contributed by atoms with Crippen molar-refractivity contribution in [3.05, 3.63) is 35.4 Å². The molecule has 1 aromatic carbocycles. The van der Waals surface area contributed by atoms with Gasteiger partial charge in [-0.25, -0.2) is 4.79 Å². The van der Waals surface area contributed by atoms with Crippen molar-refractivity contribution in [1.29, 1.82) is 0 Å². The van der Waals surface area contributed by atoms with Crippen molar-refractivity contribution in [2.45, 2.75) is 0 Å². The van der Waals surface area contributed by atoms with Gasteiger partial charge in [0, 0.05) is 20.3 Å². The van der Waals surface area contributed by atoms with Crippen molar-refractivity contribution >= 4 is 52.0 Å². The first-order valence-corrected chi connectivity index (χ1v) is 6.04. The topological polar surface area (TPSA) is 87.0 Å². The molecule has 0 heterocycles. The predicted octanol–water partition coefficient (Wildman–Crippen LogP) is -0.0384. The summed E-state index contributed by atoms with van der Waals surface area (Å²) < 4.78 is 27.0. The Bertz CT molecular complexity index is 538. The summed E-state index contributed by atoms with van der Waals surface area (Å²) in [6.07, 6.45) is 1.17. The van der Waals surface area contributed by atoms with Gasteiger partial charge in [0.15, 0.2) is 0 Å². The SMILES string of the molecule is CN(C)S(=O)(=O)N=Cc1ccc(C(=O)O)cc1.[NaH]. The molecule has 1 aromatic rings. The van der Waals surface area contributed by atoms with Crippen LogP contribution in [0.5, 0.6) is 0 Å². The Morgan fingerprint density at radius 2 is 1.78 bits per heavy atom. The molecule has 1 rings (SSSR count). The van der Waals surface area contributed by atoms with Crippen LogP contribution >= 0.6 is 0 Å². The summed E-state index contributed by atoms with van der Waals surface area (Å²) in [6, 6.07) is 5.73. The number of hydrogen-bond donors (Lipinski definition) is 1. The number of rotatable bonds is 4. The first-order valence-electron chi connectivity index (χ1n) is 4.64. The zero-order valence-electron chi connectivity index (χ0n) is 9.36. The van der Waals surface area contributed by atoms with Crippen molar-refractivity contribution in [1.82, 2.24) is 4.31 Å². The molecule has 0 aliphatic carbocycles. The summed E-state index contributed by atoms with van der Waals surface area (Å²) in [5.74, 6) is -1.03. The molecule has 0 radical (unpaired) electrons. The molecule has 0 bridgehead atoms. The molecule has 18 heavy (non-hydrogen) atoms. The minimum absolute atomic E-state index is 0. The van der Waals surface area contributed by atoms with Crippen molar-refractivity contribution in [3.63, 3.8) is 0 Å². The van der Waals surface area contributed by atoms with Crippen LogP contribution in [0.1, 0.15) is 15.9 Å². The van der Waals surface area contributed by atoms with Crippen LogP contribution in [0.4, 0.5) is 0 Å². The van der Waals surface area contributed by atoms with Gasteiger partial charge in [0.1, 0.15) is 0 Å². The molecule has 94 valence electrons. The van der Waals surface area contributed by atoms with Gasteiger partial charge in [-0.05, 0) is 17.7 Å². The van der Waals surface area contributed by atoms with E-state index < -0.39 is 16.2 Å². The van der Waals surface area contributed by atoms with Crippen LogP contribution in [-0.2, 0) is 10.2 Å². The van der Waals surface area contributed by atoms with Gasteiger partial charge in [-0.2, -0.15) is 17.1 Å². The number of aromatic carboxylic acids is 1. The van der Waals surface area contributed by atoms with Crippen LogP contribution in [0, 0.1) is 0 Å². The second-order valence-electron chi connectivity index (χ2n) is 3.42. The first-order chi connectivity index (χ1) is 7.83. The number of carboxylic acid groups (broad SMARTS) is 1. The summed E-state index contributed by atoms with van der Waals surface area (Å²) in [5.41, 5.74) is 0.651. The molecular weight excluding hydrogens is 267 g/mol. The van der Waals surface area contributed by atoms with E-state index in [1.54, 1.807) is 0 Å². The molecule has 0 atom stereocenters. The van der Waals surface area contributed by atoms with Crippen molar-refractivity contribution in [3.8, 4) is 0 Å². The maximum absolute atomic E-state index is 11.3. The maximum atomic E-state index is 11.3. The van der Waals surface area contributed by atoms with E-state index in [0.717, 1.165) is 4.31 Å². The van der Waals surface area contributed by atoms with Gasteiger partial charge in [0.25, 0.3) is 0 Å². The molecule has 1 N–H and O–H groups in total. The van der Waals surface area contributed by atoms with Crippen molar-refractivity contribution < 1.29 is 18.3 Å². The summed E-state index contributed by atoms with van der Waals surface area (Å²) in [5, 5.41) is 8.67. The number of benzene rings is 1. The van der Waals surface area contributed by atoms with E-state index in [4.69, 9.17) is 5.11 Å². The molecule has 0 fully saturated rings. The Morgan fingerprint density at radius 1 is 1.28 bits per heavy atom. The van der Waals surface area contributed by atoms with E-state index in [2.05, 4.69) is 4.40 Å². The van der Waals surface area contributed by atoms with Crippen molar-refractivity contribution in [2.24, 2.45) is 4.40 Å². The van der Waals surface area contributed by atoms with Gasteiger partial charge in [-0.3, -0.25) is 0 Å². The third-order valence-electron chi connectivity index (χ3n) is 1.95. The van der Waals surface area contributed by atoms with Crippen LogP contribution in [0.15, 0.2) is 28.7 Å². The van der Waals surface area contributed by atoms with E-state index in [9.17, 15) is 13.2 Å². The third-order valence-corrected chi connectivity index (χ3v) is 3.25. The Hall–Kier alpha value is -0.730. The average Bonchev–Trinajstić information content (AvgIpc) is 2.27. The second-order valence-corrected chi connectivity index (χ2v) is 5.26. The number of hydrogen-bond acceptors (Lipinski definition) is 3. The molecule has 0 aliphatic rings. The van der Waals surface area contributed by atoms with Gasteiger partial charge in [0.05, 0.1) is 5.56 Å². The Morgan fingerprint density at radius 3 is 2.17 bits per heavy atom. The van der Waals surface area contributed by atoms with Crippen LogP contribution in [-0.4, -0.2) is 73.7 Å². The molecule has 8 heteroatoms. The van der Waals surface area contributed by atoms with Gasteiger partial charge < -0.3 is 5.11 Å². The van der Waals surface area contributed by atoms with E-state index >= 15 is 0 Å². The first kappa shape index (κ1) is 17.3. The van der Waals surface area contributed by atoms with E-state index in [1.165, 1.54) is 44.6 Å². The molecule has 0 unspecified atom stereocenters. The quantitative estimate of drug-likeness (QED) is 0.619. The molecule has 6 nitrogen and oxygen atoms in total.